The highest BCUT2D eigenvalue weighted by Crippen LogP contribution is 2.23. The van der Waals surface area contributed by atoms with Crippen LogP contribution in [0.4, 0.5) is 17.5 Å². The van der Waals surface area contributed by atoms with Crippen LogP contribution in [0.1, 0.15) is 18.9 Å². The highest BCUT2D eigenvalue weighted by atomic mass is 79.9. The molecule has 0 aliphatic heterocycles. The van der Waals surface area contributed by atoms with Crippen LogP contribution in [0.5, 0.6) is 0 Å². The molecule has 1 aromatic carbocycles. The lowest BCUT2D eigenvalue weighted by molar-refractivity contribution is 0.953. The smallest absolute Gasteiger partial charge is 0.224 e. The van der Waals surface area contributed by atoms with E-state index >= 15 is 0 Å². The second kappa shape index (κ2) is 6.52. The molecule has 2 rings (SSSR count). The van der Waals surface area contributed by atoms with Gasteiger partial charge in [-0.15, -0.1) is 0 Å². The topological polar surface area (TPSA) is 49.8 Å². The van der Waals surface area contributed by atoms with Crippen molar-refractivity contribution in [3.8, 4) is 0 Å². The Balaban J connectivity index is 2.11. The molecule has 2 aromatic rings. The Bertz CT molecular complexity index is 557. The minimum absolute atomic E-state index is 0.651. The maximum atomic E-state index is 4.41. The van der Waals surface area contributed by atoms with Crippen LogP contribution >= 0.6 is 15.9 Å². The lowest BCUT2D eigenvalue weighted by atomic mass is 10.2. The fourth-order valence-electron chi connectivity index (χ4n) is 1.57. The second-order valence-electron chi connectivity index (χ2n) is 4.28. The molecule has 1 aromatic heterocycles. The van der Waals surface area contributed by atoms with Gasteiger partial charge in [0, 0.05) is 22.9 Å². The summed E-state index contributed by atoms with van der Waals surface area (Å²) in [6.07, 6.45) is 2.79. The largest absolute Gasteiger partial charge is 0.354 e. The Morgan fingerprint density at radius 2 is 2.11 bits per heavy atom. The van der Waals surface area contributed by atoms with E-state index in [1.165, 1.54) is 5.56 Å². The van der Waals surface area contributed by atoms with Crippen molar-refractivity contribution in [1.82, 2.24) is 9.97 Å². The van der Waals surface area contributed by atoms with Crippen molar-refractivity contribution in [2.45, 2.75) is 20.3 Å². The maximum absolute atomic E-state index is 4.41. The SMILES string of the molecule is CCCNc1nccc(Nc2ccc(C)c(Br)c2)n1. The monoisotopic (exact) mass is 320 g/mol. The van der Waals surface area contributed by atoms with Gasteiger partial charge < -0.3 is 10.6 Å². The van der Waals surface area contributed by atoms with E-state index in [9.17, 15) is 0 Å². The van der Waals surface area contributed by atoms with E-state index in [1.54, 1.807) is 6.20 Å². The standard InChI is InChI=1S/C14H17BrN4/c1-3-7-16-14-17-8-6-13(19-14)18-11-5-4-10(2)12(15)9-11/h4-6,8-9H,3,7H2,1-2H3,(H2,16,17,18,19). The van der Waals surface area contributed by atoms with Crippen LogP contribution in [0, 0.1) is 6.92 Å². The molecule has 0 fully saturated rings. The Morgan fingerprint density at radius 3 is 2.84 bits per heavy atom. The summed E-state index contributed by atoms with van der Waals surface area (Å²) in [6, 6.07) is 7.98. The number of hydrogen-bond acceptors (Lipinski definition) is 4. The molecular formula is C14H17BrN4. The molecule has 0 aliphatic carbocycles. The van der Waals surface area contributed by atoms with Gasteiger partial charge in [-0.1, -0.05) is 28.9 Å². The average molecular weight is 321 g/mol. The van der Waals surface area contributed by atoms with Crippen molar-refractivity contribution >= 4 is 33.4 Å². The molecule has 0 atom stereocenters. The van der Waals surface area contributed by atoms with Gasteiger partial charge in [0.1, 0.15) is 5.82 Å². The summed E-state index contributed by atoms with van der Waals surface area (Å²) >= 11 is 3.52. The van der Waals surface area contributed by atoms with E-state index in [-0.39, 0.29) is 0 Å². The molecule has 0 radical (unpaired) electrons. The fraction of sp³-hybridized carbons (Fsp3) is 0.286. The third-order valence-electron chi connectivity index (χ3n) is 2.63. The molecule has 0 amide bonds. The molecule has 0 bridgehead atoms. The van der Waals surface area contributed by atoms with Gasteiger partial charge in [-0.25, -0.2) is 4.98 Å². The fourth-order valence-corrected chi connectivity index (χ4v) is 1.95. The first-order valence-electron chi connectivity index (χ1n) is 6.29. The molecule has 1 heterocycles. The molecule has 0 saturated carbocycles. The van der Waals surface area contributed by atoms with Gasteiger partial charge in [0.25, 0.3) is 0 Å². The summed E-state index contributed by atoms with van der Waals surface area (Å²) in [5.41, 5.74) is 2.20. The lowest BCUT2D eigenvalue weighted by Gasteiger charge is -2.09. The van der Waals surface area contributed by atoms with Gasteiger partial charge >= 0.3 is 0 Å². The zero-order chi connectivity index (χ0) is 13.7. The quantitative estimate of drug-likeness (QED) is 0.870. The van der Waals surface area contributed by atoms with E-state index in [4.69, 9.17) is 0 Å². The first-order valence-corrected chi connectivity index (χ1v) is 7.08. The minimum Gasteiger partial charge on any atom is -0.354 e. The molecule has 4 nitrogen and oxygen atoms in total. The molecule has 0 unspecified atom stereocenters. The molecule has 2 N–H and O–H groups in total. The van der Waals surface area contributed by atoms with Crippen LogP contribution in [-0.4, -0.2) is 16.5 Å². The highest BCUT2D eigenvalue weighted by molar-refractivity contribution is 9.10. The summed E-state index contributed by atoms with van der Waals surface area (Å²) in [5.74, 6) is 1.43. The van der Waals surface area contributed by atoms with Crippen molar-refractivity contribution in [1.29, 1.82) is 0 Å². The molecule has 0 spiro atoms. The molecule has 0 aliphatic rings. The number of nitrogens with zero attached hydrogens (tertiary/aromatic N) is 2. The van der Waals surface area contributed by atoms with E-state index < -0.39 is 0 Å². The molecule has 19 heavy (non-hydrogen) atoms. The van der Waals surface area contributed by atoms with Crippen molar-refractivity contribution in [3.05, 3.63) is 40.5 Å². The number of halogens is 1. The van der Waals surface area contributed by atoms with Gasteiger partial charge in [-0.05, 0) is 37.1 Å². The van der Waals surface area contributed by atoms with Crippen LogP contribution in [0.2, 0.25) is 0 Å². The maximum Gasteiger partial charge on any atom is 0.224 e. The highest BCUT2D eigenvalue weighted by Gasteiger charge is 2.01. The minimum atomic E-state index is 0.651. The number of rotatable bonds is 5. The third-order valence-corrected chi connectivity index (χ3v) is 3.49. The van der Waals surface area contributed by atoms with Gasteiger partial charge in [-0.3, -0.25) is 0 Å². The number of anilines is 3. The van der Waals surface area contributed by atoms with Gasteiger partial charge in [0.15, 0.2) is 0 Å². The number of aromatic nitrogens is 2. The predicted octanol–water partition coefficient (Wildman–Crippen LogP) is 4.11. The van der Waals surface area contributed by atoms with Gasteiger partial charge in [-0.2, -0.15) is 4.98 Å². The molecule has 0 saturated heterocycles. The number of benzene rings is 1. The summed E-state index contributed by atoms with van der Waals surface area (Å²) in [7, 11) is 0. The van der Waals surface area contributed by atoms with E-state index in [1.807, 2.05) is 18.2 Å². The van der Waals surface area contributed by atoms with E-state index in [2.05, 4.69) is 56.4 Å². The Morgan fingerprint density at radius 1 is 1.26 bits per heavy atom. The second-order valence-corrected chi connectivity index (χ2v) is 5.14. The van der Waals surface area contributed by atoms with Gasteiger partial charge in [0.2, 0.25) is 5.95 Å². The molecular weight excluding hydrogens is 304 g/mol. The summed E-state index contributed by atoms with van der Waals surface area (Å²) in [6.45, 7) is 5.05. The lowest BCUT2D eigenvalue weighted by Crippen LogP contribution is -2.05. The van der Waals surface area contributed by atoms with Crippen LogP contribution < -0.4 is 10.6 Å². The first kappa shape index (κ1) is 13.8. The Hall–Kier alpha value is -1.62. The number of aryl methyl sites for hydroxylation is 1. The van der Waals surface area contributed by atoms with Crippen LogP contribution in [0.25, 0.3) is 0 Å². The number of nitrogens with one attached hydrogen (secondary N) is 2. The van der Waals surface area contributed by atoms with E-state index in [0.717, 1.165) is 28.9 Å². The van der Waals surface area contributed by atoms with E-state index in [0.29, 0.717) is 5.95 Å². The van der Waals surface area contributed by atoms with Crippen LogP contribution in [0.3, 0.4) is 0 Å². The van der Waals surface area contributed by atoms with Gasteiger partial charge in [0.05, 0.1) is 0 Å². The summed E-state index contributed by atoms with van der Waals surface area (Å²) in [5, 5.41) is 6.44. The molecule has 100 valence electrons. The zero-order valence-corrected chi connectivity index (χ0v) is 12.7. The normalized spacial score (nSPS) is 10.3. The van der Waals surface area contributed by atoms with Crippen molar-refractivity contribution in [2.75, 3.05) is 17.2 Å². The van der Waals surface area contributed by atoms with Crippen LogP contribution in [0.15, 0.2) is 34.9 Å². The van der Waals surface area contributed by atoms with Crippen molar-refractivity contribution in [3.63, 3.8) is 0 Å². The average Bonchev–Trinajstić information content (AvgIpc) is 2.41. The third kappa shape index (κ3) is 3.92. The summed E-state index contributed by atoms with van der Waals surface area (Å²) < 4.78 is 1.08. The first-order chi connectivity index (χ1) is 9.19. The Kier molecular flexibility index (Phi) is 4.74. The van der Waals surface area contributed by atoms with Crippen molar-refractivity contribution < 1.29 is 0 Å². The molecule has 5 heteroatoms. The predicted molar refractivity (Wildman–Crippen MR) is 83.0 cm³/mol. The Labute approximate surface area is 121 Å². The summed E-state index contributed by atoms with van der Waals surface area (Å²) in [4.78, 5) is 8.59. The van der Waals surface area contributed by atoms with Crippen LogP contribution in [-0.2, 0) is 0 Å². The number of hydrogen-bond donors (Lipinski definition) is 2. The van der Waals surface area contributed by atoms with Crippen molar-refractivity contribution in [2.24, 2.45) is 0 Å². The zero-order valence-electron chi connectivity index (χ0n) is 11.1.